The van der Waals surface area contributed by atoms with E-state index in [2.05, 4.69) is 15.6 Å². The molecule has 0 aliphatic heterocycles. The first-order chi connectivity index (χ1) is 12.5. The van der Waals surface area contributed by atoms with Gasteiger partial charge in [0.2, 0.25) is 0 Å². The fourth-order valence-corrected chi connectivity index (χ4v) is 2.22. The first kappa shape index (κ1) is 19.8. The van der Waals surface area contributed by atoms with Crippen LogP contribution in [0.3, 0.4) is 0 Å². The minimum Gasteiger partial charge on any atom is -0.375 e. The van der Waals surface area contributed by atoms with E-state index >= 15 is 0 Å². The molecule has 0 fully saturated rings. The van der Waals surface area contributed by atoms with Crippen molar-refractivity contribution in [1.82, 2.24) is 10.6 Å². The lowest BCUT2D eigenvalue weighted by atomic mass is 10.1. The summed E-state index contributed by atoms with van der Waals surface area (Å²) < 4.78 is 43.2. The first-order valence-electron chi connectivity index (χ1n) is 8.21. The molecule has 0 atom stereocenters. The summed E-state index contributed by atoms with van der Waals surface area (Å²) >= 11 is 0. The van der Waals surface area contributed by atoms with Crippen LogP contribution in [0, 0.1) is 0 Å². The molecule has 0 aliphatic carbocycles. The molecule has 0 heterocycles. The largest absolute Gasteiger partial charge is 0.416 e. The highest BCUT2D eigenvalue weighted by Gasteiger charge is 2.29. The Labute approximate surface area is 151 Å². The second kappa shape index (κ2) is 9.82. The van der Waals surface area contributed by atoms with E-state index in [1.54, 1.807) is 7.05 Å². The highest BCUT2D eigenvalue weighted by Crippen LogP contribution is 2.28. The van der Waals surface area contributed by atoms with Crippen LogP contribution in [0.4, 0.5) is 13.2 Å². The van der Waals surface area contributed by atoms with Gasteiger partial charge in [0.15, 0.2) is 5.96 Å². The van der Waals surface area contributed by atoms with E-state index in [0.717, 1.165) is 23.3 Å². The minimum atomic E-state index is -4.32. The van der Waals surface area contributed by atoms with Gasteiger partial charge >= 0.3 is 6.18 Å². The van der Waals surface area contributed by atoms with Gasteiger partial charge in [0, 0.05) is 20.1 Å². The molecule has 0 aliphatic rings. The summed E-state index contributed by atoms with van der Waals surface area (Å²) in [5.41, 5.74) is 1.19. The van der Waals surface area contributed by atoms with Crippen molar-refractivity contribution >= 4 is 5.96 Å². The summed E-state index contributed by atoms with van der Waals surface area (Å²) in [6, 6.07) is 14.9. The number of nitrogens with zero attached hydrogens (tertiary/aromatic N) is 1. The van der Waals surface area contributed by atoms with Crippen molar-refractivity contribution in [1.29, 1.82) is 0 Å². The van der Waals surface area contributed by atoms with Crippen LogP contribution in [0.5, 0.6) is 0 Å². The summed E-state index contributed by atoms with van der Waals surface area (Å²) in [5.74, 6) is 0.563. The third-order valence-corrected chi connectivity index (χ3v) is 3.62. The number of hydrogen-bond acceptors (Lipinski definition) is 2. The average molecular weight is 365 g/mol. The average Bonchev–Trinajstić information content (AvgIpc) is 2.64. The van der Waals surface area contributed by atoms with Gasteiger partial charge in [-0.1, -0.05) is 42.5 Å². The number of rotatable bonds is 7. The summed E-state index contributed by atoms with van der Waals surface area (Å²) in [6.45, 7) is 2.00. The molecule has 7 heteroatoms. The Balaban J connectivity index is 1.67. The molecule has 0 aromatic heterocycles. The lowest BCUT2D eigenvalue weighted by Gasteiger charge is -2.13. The Morgan fingerprint density at radius 2 is 1.65 bits per heavy atom. The van der Waals surface area contributed by atoms with Gasteiger partial charge in [-0.25, -0.2) is 0 Å². The molecule has 0 amide bonds. The van der Waals surface area contributed by atoms with Gasteiger partial charge in [0.1, 0.15) is 0 Å². The number of halogens is 3. The molecule has 4 nitrogen and oxygen atoms in total. The van der Waals surface area contributed by atoms with Crippen molar-refractivity contribution in [3.8, 4) is 0 Å². The summed E-state index contributed by atoms with van der Waals surface area (Å²) in [6.07, 6.45) is -4.32. The predicted octanol–water partition coefficient (Wildman–Crippen LogP) is 3.59. The maximum Gasteiger partial charge on any atom is 0.416 e. The molecule has 0 spiro atoms. The van der Waals surface area contributed by atoms with Crippen LogP contribution in [-0.2, 0) is 24.1 Å². The Kier molecular flexibility index (Phi) is 7.47. The van der Waals surface area contributed by atoms with Crippen molar-refractivity contribution in [3.63, 3.8) is 0 Å². The van der Waals surface area contributed by atoms with E-state index in [-0.39, 0.29) is 0 Å². The summed E-state index contributed by atoms with van der Waals surface area (Å²) in [5, 5.41) is 6.15. The fourth-order valence-electron chi connectivity index (χ4n) is 2.22. The number of nitrogens with one attached hydrogen (secondary N) is 2. The van der Waals surface area contributed by atoms with Crippen LogP contribution in [0.25, 0.3) is 0 Å². The Bertz CT molecular complexity index is 685. The maximum atomic E-state index is 12.5. The number of hydrogen-bond donors (Lipinski definition) is 2. The Morgan fingerprint density at radius 3 is 2.27 bits per heavy atom. The van der Waals surface area contributed by atoms with E-state index in [1.165, 1.54) is 12.1 Å². The molecule has 0 saturated carbocycles. The van der Waals surface area contributed by atoms with Gasteiger partial charge in [-0.15, -0.1) is 0 Å². The molecule has 0 saturated heterocycles. The lowest BCUT2D eigenvalue weighted by Crippen LogP contribution is -2.38. The van der Waals surface area contributed by atoms with E-state index in [0.29, 0.717) is 32.3 Å². The van der Waals surface area contributed by atoms with Gasteiger partial charge in [0.25, 0.3) is 0 Å². The molecule has 2 aromatic carbocycles. The molecule has 0 bridgehead atoms. The molecule has 0 radical (unpaired) electrons. The second-order valence-electron chi connectivity index (χ2n) is 5.59. The van der Waals surface area contributed by atoms with Crippen molar-refractivity contribution < 1.29 is 17.9 Å². The van der Waals surface area contributed by atoms with Crippen LogP contribution < -0.4 is 10.6 Å². The Morgan fingerprint density at radius 1 is 0.962 bits per heavy atom. The molecule has 2 N–H and O–H groups in total. The maximum absolute atomic E-state index is 12.5. The standard InChI is InChI=1S/C19H22F3N3O/c1-23-18(24-11-12-26-14-16-5-3-2-4-6-16)25-13-15-7-9-17(10-8-15)19(20,21)22/h2-10H,11-14H2,1H3,(H2,23,24,25). The van der Waals surface area contributed by atoms with Gasteiger partial charge < -0.3 is 15.4 Å². The van der Waals surface area contributed by atoms with Crippen LogP contribution in [0.1, 0.15) is 16.7 Å². The number of alkyl halides is 3. The fraction of sp³-hybridized carbons (Fsp3) is 0.316. The van der Waals surface area contributed by atoms with Crippen molar-refractivity contribution in [2.75, 3.05) is 20.2 Å². The van der Waals surface area contributed by atoms with Crippen molar-refractivity contribution in [2.24, 2.45) is 4.99 Å². The van der Waals surface area contributed by atoms with Gasteiger partial charge in [-0.2, -0.15) is 13.2 Å². The molecule has 2 aromatic rings. The van der Waals surface area contributed by atoms with Crippen LogP contribution in [-0.4, -0.2) is 26.2 Å². The molecular weight excluding hydrogens is 343 g/mol. The smallest absolute Gasteiger partial charge is 0.375 e. The SMILES string of the molecule is CN=C(NCCOCc1ccccc1)NCc1ccc(C(F)(F)F)cc1. The molecule has 0 unspecified atom stereocenters. The molecule has 26 heavy (non-hydrogen) atoms. The van der Waals surface area contributed by atoms with E-state index in [9.17, 15) is 13.2 Å². The van der Waals surface area contributed by atoms with Crippen LogP contribution in [0.15, 0.2) is 59.6 Å². The van der Waals surface area contributed by atoms with Crippen LogP contribution in [0.2, 0.25) is 0 Å². The first-order valence-corrected chi connectivity index (χ1v) is 8.21. The zero-order valence-electron chi connectivity index (χ0n) is 14.5. The third kappa shape index (κ3) is 6.76. The lowest BCUT2D eigenvalue weighted by molar-refractivity contribution is -0.137. The summed E-state index contributed by atoms with van der Waals surface area (Å²) in [4.78, 5) is 4.07. The number of ether oxygens (including phenoxy) is 1. The van der Waals surface area contributed by atoms with Crippen LogP contribution >= 0.6 is 0 Å². The molecular formula is C19H22F3N3O. The summed E-state index contributed by atoms with van der Waals surface area (Å²) in [7, 11) is 1.63. The van der Waals surface area contributed by atoms with E-state index in [4.69, 9.17) is 4.74 Å². The van der Waals surface area contributed by atoms with Crippen molar-refractivity contribution in [3.05, 3.63) is 71.3 Å². The number of guanidine groups is 1. The zero-order chi connectivity index (χ0) is 18.8. The van der Waals surface area contributed by atoms with E-state index in [1.807, 2.05) is 30.3 Å². The minimum absolute atomic E-state index is 0.378. The van der Waals surface area contributed by atoms with Gasteiger partial charge in [-0.3, -0.25) is 4.99 Å². The topological polar surface area (TPSA) is 45.7 Å². The normalized spacial score (nSPS) is 12.1. The quantitative estimate of drug-likeness (QED) is 0.448. The highest BCUT2D eigenvalue weighted by molar-refractivity contribution is 5.79. The molecule has 2 rings (SSSR count). The highest BCUT2D eigenvalue weighted by atomic mass is 19.4. The zero-order valence-corrected chi connectivity index (χ0v) is 14.5. The number of aliphatic imine (C=N–C) groups is 1. The van der Waals surface area contributed by atoms with Crippen molar-refractivity contribution in [2.45, 2.75) is 19.3 Å². The monoisotopic (exact) mass is 365 g/mol. The second-order valence-corrected chi connectivity index (χ2v) is 5.59. The van der Waals surface area contributed by atoms with Gasteiger partial charge in [-0.05, 0) is 23.3 Å². The molecule has 140 valence electrons. The van der Waals surface area contributed by atoms with Gasteiger partial charge in [0.05, 0.1) is 18.8 Å². The third-order valence-electron chi connectivity index (χ3n) is 3.62. The Hall–Kier alpha value is -2.54. The van der Waals surface area contributed by atoms with E-state index < -0.39 is 11.7 Å². The predicted molar refractivity (Wildman–Crippen MR) is 95.7 cm³/mol. The number of benzene rings is 2.